The van der Waals surface area contributed by atoms with E-state index in [1.54, 1.807) is 6.92 Å². The van der Waals surface area contributed by atoms with Gasteiger partial charge in [-0.1, -0.05) is 6.58 Å². The molecule has 62 valence electrons. The van der Waals surface area contributed by atoms with Gasteiger partial charge >= 0.3 is 54.9 Å². The summed E-state index contributed by atoms with van der Waals surface area (Å²) in [7, 11) is 0. The van der Waals surface area contributed by atoms with Crippen LogP contribution in [0.1, 0.15) is 13.3 Å². The van der Waals surface area contributed by atoms with E-state index in [2.05, 4.69) is 11.3 Å². The molecule has 0 spiro atoms. The van der Waals surface area contributed by atoms with E-state index in [1.165, 1.54) is 0 Å². The average Bonchev–Trinajstić information content (AvgIpc) is 1.86. The van der Waals surface area contributed by atoms with Gasteiger partial charge in [-0.05, 0) is 6.92 Å². The first-order chi connectivity index (χ1) is 5.07. The normalized spacial score (nSPS) is 8.08. The monoisotopic (exact) mass is 295 g/mol. The van der Waals surface area contributed by atoms with Crippen molar-refractivity contribution in [2.24, 2.45) is 0 Å². The maximum atomic E-state index is 10.7. The van der Waals surface area contributed by atoms with Crippen LogP contribution in [0.5, 0.6) is 0 Å². The number of hydrogen-bond donors (Lipinski definition) is 0. The average molecular weight is 294 g/mol. The molecule has 12 heavy (non-hydrogen) atoms. The fourth-order valence-electron chi connectivity index (χ4n) is 0.480. The Bertz CT molecular complexity index is 188. The Labute approximate surface area is 111 Å². The third-order valence-electron chi connectivity index (χ3n) is 0.922. The molecule has 0 aliphatic rings. The van der Waals surface area contributed by atoms with Crippen LogP contribution < -0.4 is 5.11 Å². The maximum Gasteiger partial charge on any atom is 2.00 e. The zero-order valence-electron chi connectivity index (χ0n) is 6.96. The molecule has 0 N–H and O–H groups in total. The quantitative estimate of drug-likeness (QED) is 0.374. The SMILES string of the molecule is C=C(CC(=O)[O-])C(=O)OCC.[Ba+2]. The molecule has 0 aromatic carbocycles. The van der Waals surface area contributed by atoms with Crippen LogP contribution in [0.25, 0.3) is 0 Å². The molecule has 0 radical (unpaired) electrons. The van der Waals surface area contributed by atoms with Crippen LogP contribution in [0.4, 0.5) is 0 Å². The van der Waals surface area contributed by atoms with Crippen molar-refractivity contribution >= 4 is 60.8 Å². The van der Waals surface area contributed by atoms with Crippen LogP contribution in [-0.2, 0) is 14.3 Å². The molecule has 4 nitrogen and oxygen atoms in total. The summed E-state index contributed by atoms with van der Waals surface area (Å²) < 4.78 is 4.47. The molecule has 0 saturated carbocycles. The van der Waals surface area contributed by atoms with Crippen molar-refractivity contribution < 1.29 is 19.4 Å². The molecule has 0 bridgehead atoms. The largest absolute Gasteiger partial charge is 2.00 e. The zero-order valence-corrected chi connectivity index (χ0v) is 11.4. The van der Waals surface area contributed by atoms with Gasteiger partial charge in [-0.15, -0.1) is 0 Å². The van der Waals surface area contributed by atoms with Crippen molar-refractivity contribution in [2.45, 2.75) is 13.3 Å². The van der Waals surface area contributed by atoms with Crippen LogP contribution in [-0.4, -0.2) is 67.4 Å². The first-order valence-electron chi connectivity index (χ1n) is 3.12. The number of aliphatic carboxylic acids is 1. The van der Waals surface area contributed by atoms with Gasteiger partial charge in [0.15, 0.2) is 0 Å². The van der Waals surface area contributed by atoms with Crippen molar-refractivity contribution in [2.75, 3.05) is 6.61 Å². The minimum Gasteiger partial charge on any atom is -0.550 e. The summed E-state index contributed by atoms with van der Waals surface area (Å²) in [5.74, 6) is -2.01. The van der Waals surface area contributed by atoms with E-state index < -0.39 is 18.4 Å². The first-order valence-corrected chi connectivity index (χ1v) is 3.12. The van der Waals surface area contributed by atoms with E-state index in [4.69, 9.17) is 0 Å². The Morgan fingerprint density at radius 2 is 2.00 bits per heavy atom. The van der Waals surface area contributed by atoms with Crippen LogP contribution >= 0.6 is 0 Å². The number of carboxylic acids is 1. The van der Waals surface area contributed by atoms with E-state index >= 15 is 0 Å². The second kappa shape index (κ2) is 7.88. The topological polar surface area (TPSA) is 66.4 Å². The summed E-state index contributed by atoms with van der Waals surface area (Å²) >= 11 is 0. The number of rotatable bonds is 4. The number of esters is 1. The van der Waals surface area contributed by atoms with Crippen LogP contribution in [0, 0.1) is 0 Å². The summed E-state index contributed by atoms with van der Waals surface area (Å²) in [6, 6.07) is 0. The predicted molar refractivity (Wildman–Crippen MR) is 41.2 cm³/mol. The van der Waals surface area contributed by atoms with Crippen molar-refractivity contribution in [1.29, 1.82) is 0 Å². The molecule has 0 amide bonds. The molecule has 0 unspecified atom stereocenters. The van der Waals surface area contributed by atoms with Crippen molar-refractivity contribution in [1.82, 2.24) is 0 Å². The smallest absolute Gasteiger partial charge is 0.550 e. The van der Waals surface area contributed by atoms with E-state index in [9.17, 15) is 14.7 Å². The summed E-state index contributed by atoms with van der Waals surface area (Å²) in [5.41, 5.74) is -0.0909. The fraction of sp³-hybridized carbons (Fsp3) is 0.429. The Balaban J connectivity index is 0. The van der Waals surface area contributed by atoms with Crippen molar-refractivity contribution in [3.63, 3.8) is 0 Å². The van der Waals surface area contributed by atoms with Gasteiger partial charge in [0.1, 0.15) is 0 Å². The van der Waals surface area contributed by atoms with E-state index in [0.29, 0.717) is 0 Å². The molecular formula is C7H9BaO4+. The van der Waals surface area contributed by atoms with Gasteiger partial charge in [0.2, 0.25) is 0 Å². The Kier molecular flexibility index (Phi) is 9.69. The van der Waals surface area contributed by atoms with Gasteiger partial charge in [-0.2, -0.15) is 0 Å². The molecule has 0 aliphatic carbocycles. The molecular weight excluding hydrogens is 285 g/mol. The van der Waals surface area contributed by atoms with Gasteiger partial charge in [-0.3, -0.25) is 0 Å². The maximum absolute atomic E-state index is 10.7. The summed E-state index contributed by atoms with van der Waals surface area (Å²) in [6.45, 7) is 5.06. The van der Waals surface area contributed by atoms with Crippen molar-refractivity contribution in [3.05, 3.63) is 12.2 Å². The molecule has 0 rings (SSSR count). The zero-order chi connectivity index (χ0) is 8.85. The Hall–Kier alpha value is 0.251. The minimum atomic E-state index is -1.33. The molecule has 0 fully saturated rings. The molecule has 5 heteroatoms. The molecule has 0 atom stereocenters. The van der Waals surface area contributed by atoms with E-state index in [0.717, 1.165) is 0 Å². The van der Waals surface area contributed by atoms with Gasteiger partial charge in [0.25, 0.3) is 0 Å². The van der Waals surface area contributed by atoms with Gasteiger partial charge < -0.3 is 14.6 Å². The molecule has 0 aromatic rings. The van der Waals surface area contributed by atoms with Crippen LogP contribution in [0.15, 0.2) is 12.2 Å². The number of carboxylic acid groups (broad SMARTS) is 1. The third-order valence-corrected chi connectivity index (χ3v) is 0.922. The molecule has 0 aromatic heterocycles. The van der Waals surface area contributed by atoms with Crippen LogP contribution in [0.2, 0.25) is 0 Å². The summed E-state index contributed by atoms with van der Waals surface area (Å²) in [5, 5.41) is 9.94. The number of carbonyl (C=O) groups is 2. The minimum absolute atomic E-state index is 0. The molecule has 0 saturated heterocycles. The second-order valence-corrected chi connectivity index (χ2v) is 1.87. The Morgan fingerprint density at radius 1 is 1.50 bits per heavy atom. The number of hydrogen-bond acceptors (Lipinski definition) is 4. The predicted octanol–water partition coefficient (Wildman–Crippen LogP) is -1.14. The van der Waals surface area contributed by atoms with E-state index in [-0.39, 0.29) is 61.1 Å². The number of ether oxygens (including phenoxy) is 1. The van der Waals surface area contributed by atoms with Gasteiger partial charge in [0.05, 0.1) is 6.61 Å². The Morgan fingerprint density at radius 3 is 2.33 bits per heavy atom. The summed E-state index contributed by atoms with van der Waals surface area (Å²) in [6.07, 6.45) is -0.473. The second-order valence-electron chi connectivity index (χ2n) is 1.87. The van der Waals surface area contributed by atoms with Gasteiger partial charge in [0, 0.05) is 18.0 Å². The summed E-state index contributed by atoms with van der Waals surface area (Å²) in [4.78, 5) is 20.6. The molecule has 0 heterocycles. The third kappa shape index (κ3) is 6.93. The van der Waals surface area contributed by atoms with Crippen molar-refractivity contribution in [3.8, 4) is 0 Å². The first kappa shape index (κ1) is 14.8. The number of carbonyl (C=O) groups excluding carboxylic acids is 2. The standard InChI is InChI=1S/C7H10O4.Ba/c1-3-11-7(10)5(2)4-6(8)9;/h2-4H2,1H3,(H,8,9);/q;+2/p-1. The fourth-order valence-corrected chi connectivity index (χ4v) is 0.480. The van der Waals surface area contributed by atoms with Crippen LogP contribution in [0.3, 0.4) is 0 Å². The molecule has 0 aliphatic heterocycles. The van der Waals surface area contributed by atoms with E-state index in [1.807, 2.05) is 0 Å². The van der Waals surface area contributed by atoms with Gasteiger partial charge in [-0.25, -0.2) is 4.79 Å².